The summed E-state index contributed by atoms with van der Waals surface area (Å²) in [6.45, 7) is 6.55. The van der Waals surface area contributed by atoms with Crippen LogP contribution in [-0.2, 0) is 14.3 Å². The molecule has 0 rings (SSSR count). The zero-order valence-corrected chi connectivity index (χ0v) is 10.2. The predicted molar refractivity (Wildman–Crippen MR) is 60.1 cm³/mol. The summed E-state index contributed by atoms with van der Waals surface area (Å²) in [4.78, 5) is 21.7. The Morgan fingerprint density at radius 2 is 1.88 bits per heavy atom. The van der Waals surface area contributed by atoms with Crippen LogP contribution in [0, 0.1) is 5.92 Å². The summed E-state index contributed by atoms with van der Waals surface area (Å²) in [6, 6.07) is 0. The molecule has 0 aliphatic rings. The van der Waals surface area contributed by atoms with Crippen molar-refractivity contribution < 1.29 is 19.4 Å². The molecule has 0 radical (unpaired) electrons. The molecule has 0 aliphatic carbocycles. The fourth-order valence-electron chi connectivity index (χ4n) is 1.24. The van der Waals surface area contributed by atoms with E-state index in [0.29, 0.717) is 13.2 Å². The van der Waals surface area contributed by atoms with E-state index in [9.17, 15) is 9.59 Å². The second kappa shape index (κ2) is 8.10. The molecule has 0 saturated heterocycles. The normalized spacial score (nSPS) is 12.5. The number of amides is 1. The van der Waals surface area contributed by atoms with Crippen LogP contribution in [0.1, 0.15) is 33.6 Å². The van der Waals surface area contributed by atoms with Crippen molar-refractivity contribution in [2.45, 2.75) is 39.7 Å². The molecule has 0 aromatic rings. The summed E-state index contributed by atoms with van der Waals surface area (Å²) in [5, 5.41) is 11.2. The summed E-state index contributed by atoms with van der Waals surface area (Å²) in [5.74, 6) is -1.13. The molecule has 0 bridgehead atoms. The molecule has 0 aliphatic heterocycles. The van der Waals surface area contributed by atoms with Crippen LogP contribution >= 0.6 is 0 Å². The first-order valence-corrected chi connectivity index (χ1v) is 5.52. The Balaban J connectivity index is 3.54. The van der Waals surface area contributed by atoms with Gasteiger partial charge in [-0.25, -0.2) is 0 Å². The van der Waals surface area contributed by atoms with Gasteiger partial charge in [0.25, 0.3) is 0 Å². The van der Waals surface area contributed by atoms with Crippen molar-refractivity contribution in [1.82, 2.24) is 5.32 Å². The number of carbonyl (C=O) groups excluding carboxylic acids is 1. The molecule has 1 amide bonds. The molecule has 0 aromatic heterocycles. The number of aliphatic carboxylic acids is 1. The number of rotatable bonds is 8. The van der Waals surface area contributed by atoms with Gasteiger partial charge in [-0.15, -0.1) is 0 Å². The number of hydrogen-bond acceptors (Lipinski definition) is 3. The first-order valence-electron chi connectivity index (χ1n) is 5.52. The Bertz CT molecular complexity index is 228. The topological polar surface area (TPSA) is 75.6 Å². The third-order valence-electron chi connectivity index (χ3n) is 1.93. The van der Waals surface area contributed by atoms with Crippen LogP contribution in [0.2, 0.25) is 0 Å². The van der Waals surface area contributed by atoms with Crippen molar-refractivity contribution in [2.24, 2.45) is 5.92 Å². The highest BCUT2D eigenvalue weighted by Crippen LogP contribution is 2.06. The van der Waals surface area contributed by atoms with Crippen LogP contribution in [0.5, 0.6) is 0 Å². The highest BCUT2D eigenvalue weighted by Gasteiger charge is 2.11. The fourth-order valence-corrected chi connectivity index (χ4v) is 1.24. The van der Waals surface area contributed by atoms with E-state index in [1.54, 1.807) is 6.92 Å². The third kappa shape index (κ3) is 9.45. The third-order valence-corrected chi connectivity index (χ3v) is 1.93. The molecule has 0 aromatic carbocycles. The molecule has 2 N–H and O–H groups in total. The number of hydrogen-bond donors (Lipinski definition) is 2. The average Bonchev–Trinajstić information content (AvgIpc) is 2.10. The summed E-state index contributed by atoms with van der Waals surface area (Å²) in [7, 11) is 0. The van der Waals surface area contributed by atoms with E-state index in [1.165, 1.54) is 0 Å². The van der Waals surface area contributed by atoms with Crippen molar-refractivity contribution in [3.8, 4) is 0 Å². The van der Waals surface area contributed by atoms with Gasteiger partial charge in [0.2, 0.25) is 5.91 Å². The largest absolute Gasteiger partial charge is 0.481 e. The van der Waals surface area contributed by atoms with Gasteiger partial charge < -0.3 is 15.2 Å². The van der Waals surface area contributed by atoms with Crippen LogP contribution in [0.3, 0.4) is 0 Å². The minimum atomic E-state index is -0.872. The summed E-state index contributed by atoms with van der Waals surface area (Å²) < 4.78 is 5.25. The van der Waals surface area contributed by atoms with Crippen LogP contribution in [0.25, 0.3) is 0 Å². The zero-order valence-electron chi connectivity index (χ0n) is 10.2. The van der Waals surface area contributed by atoms with E-state index in [0.717, 1.165) is 0 Å². The maximum absolute atomic E-state index is 11.3. The predicted octanol–water partition coefficient (Wildman–Crippen LogP) is 1.03. The van der Waals surface area contributed by atoms with E-state index >= 15 is 0 Å². The lowest BCUT2D eigenvalue weighted by Gasteiger charge is -2.10. The van der Waals surface area contributed by atoms with Crippen molar-refractivity contribution in [1.29, 1.82) is 0 Å². The van der Waals surface area contributed by atoms with Gasteiger partial charge >= 0.3 is 5.97 Å². The first kappa shape index (κ1) is 14.9. The highest BCUT2D eigenvalue weighted by molar-refractivity contribution is 5.77. The summed E-state index contributed by atoms with van der Waals surface area (Å²) >= 11 is 0. The maximum Gasteiger partial charge on any atom is 0.303 e. The quantitative estimate of drug-likeness (QED) is 0.612. The summed E-state index contributed by atoms with van der Waals surface area (Å²) in [6.07, 6.45) is 0.423. The molecule has 16 heavy (non-hydrogen) atoms. The van der Waals surface area contributed by atoms with Gasteiger partial charge in [-0.1, -0.05) is 6.92 Å². The zero-order chi connectivity index (χ0) is 12.6. The minimum Gasteiger partial charge on any atom is -0.481 e. The summed E-state index contributed by atoms with van der Waals surface area (Å²) in [5.41, 5.74) is 0. The molecular formula is C11H21NO4. The van der Waals surface area contributed by atoms with E-state index < -0.39 is 5.97 Å². The van der Waals surface area contributed by atoms with Crippen molar-refractivity contribution in [2.75, 3.05) is 13.2 Å². The molecule has 0 fully saturated rings. The lowest BCUT2D eigenvalue weighted by molar-refractivity contribution is -0.138. The second-order valence-corrected chi connectivity index (χ2v) is 4.18. The van der Waals surface area contributed by atoms with Crippen LogP contribution in [-0.4, -0.2) is 36.2 Å². The second-order valence-electron chi connectivity index (χ2n) is 4.18. The number of nitrogens with one attached hydrogen (secondary N) is 1. The molecule has 0 spiro atoms. The van der Waals surface area contributed by atoms with Gasteiger partial charge in [0.1, 0.15) is 0 Å². The molecule has 5 nitrogen and oxygen atoms in total. The van der Waals surface area contributed by atoms with Gasteiger partial charge in [-0.2, -0.15) is 0 Å². The van der Waals surface area contributed by atoms with Gasteiger partial charge in [-0.05, 0) is 19.8 Å². The Morgan fingerprint density at radius 1 is 1.25 bits per heavy atom. The van der Waals surface area contributed by atoms with Crippen LogP contribution in [0.15, 0.2) is 0 Å². The van der Waals surface area contributed by atoms with E-state index in [-0.39, 0.29) is 30.8 Å². The van der Waals surface area contributed by atoms with Gasteiger partial charge in [-0.3, -0.25) is 9.59 Å². The Morgan fingerprint density at radius 3 is 2.38 bits per heavy atom. The number of carboxylic acids is 1. The fraction of sp³-hybridized carbons (Fsp3) is 0.818. The van der Waals surface area contributed by atoms with Gasteiger partial charge in [0, 0.05) is 19.4 Å². The lowest BCUT2D eigenvalue weighted by Crippen LogP contribution is -2.29. The van der Waals surface area contributed by atoms with Crippen molar-refractivity contribution in [3.63, 3.8) is 0 Å². The van der Waals surface area contributed by atoms with Gasteiger partial charge in [0.15, 0.2) is 0 Å². The first-order chi connectivity index (χ1) is 7.41. The molecule has 94 valence electrons. The number of carboxylic acid groups (broad SMARTS) is 1. The molecule has 0 heterocycles. The van der Waals surface area contributed by atoms with E-state index in [4.69, 9.17) is 9.84 Å². The Hall–Kier alpha value is -1.10. The molecule has 0 saturated carbocycles. The molecule has 1 atom stereocenters. The lowest BCUT2D eigenvalue weighted by atomic mass is 10.0. The van der Waals surface area contributed by atoms with Gasteiger partial charge in [0.05, 0.1) is 12.7 Å². The van der Waals surface area contributed by atoms with E-state index in [2.05, 4.69) is 5.32 Å². The molecule has 1 unspecified atom stereocenters. The Kier molecular flexibility index (Phi) is 7.54. The number of ether oxygens (including phenoxy) is 1. The molecular weight excluding hydrogens is 210 g/mol. The molecule has 5 heteroatoms. The maximum atomic E-state index is 11.3. The highest BCUT2D eigenvalue weighted by atomic mass is 16.5. The average molecular weight is 231 g/mol. The minimum absolute atomic E-state index is 0.0237. The van der Waals surface area contributed by atoms with Crippen LogP contribution < -0.4 is 5.32 Å². The number of carbonyl (C=O) groups is 2. The van der Waals surface area contributed by atoms with E-state index in [1.807, 2.05) is 13.8 Å². The SMILES string of the molecule is CC(CC(=O)O)CC(=O)NCCOC(C)C. The van der Waals surface area contributed by atoms with Crippen LogP contribution in [0.4, 0.5) is 0 Å². The van der Waals surface area contributed by atoms with Crippen molar-refractivity contribution >= 4 is 11.9 Å². The van der Waals surface area contributed by atoms with Crippen molar-refractivity contribution in [3.05, 3.63) is 0 Å². The smallest absolute Gasteiger partial charge is 0.303 e. The monoisotopic (exact) mass is 231 g/mol. The Labute approximate surface area is 96.2 Å². The standard InChI is InChI=1S/C11H21NO4/c1-8(2)16-5-4-12-10(13)6-9(3)7-11(14)15/h8-9H,4-7H2,1-3H3,(H,12,13)(H,14,15).